The molecule has 8 nitrogen and oxygen atoms in total. The second-order valence-corrected chi connectivity index (χ2v) is 11.1. The first-order valence-electron chi connectivity index (χ1n) is 14.1. The number of ether oxygens (including phenoxy) is 4. The van der Waals surface area contributed by atoms with Gasteiger partial charge < -0.3 is 29.6 Å². The summed E-state index contributed by atoms with van der Waals surface area (Å²) in [5.41, 5.74) is 0. The van der Waals surface area contributed by atoms with E-state index in [1.807, 2.05) is 32.9 Å². The number of methoxy groups -OCH3 is 1. The van der Waals surface area contributed by atoms with Crippen molar-refractivity contribution in [2.75, 3.05) is 53.0 Å². The van der Waals surface area contributed by atoms with E-state index in [9.17, 15) is 4.79 Å². The lowest BCUT2D eigenvalue weighted by Gasteiger charge is -2.27. The molecular formula is C29H47N3O5S. The van der Waals surface area contributed by atoms with E-state index in [1.165, 1.54) is 11.3 Å². The van der Waals surface area contributed by atoms with Gasteiger partial charge in [0.25, 0.3) is 0 Å². The van der Waals surface area contributed by atoms with Gasteiger partial charge in [-0.15, -0.1) is 6.58 Å². The van der Waals surface area contributed by atoms with Crippen molar-refractivity contribution in [2.24, 2.45) is 23.7 Å². The Labute approximate surface area is 233 Å². The standard InChI is InChI=1S/C24H35N3O5S.C3H6.C2H6/c1-29-18-3-5-19(6-4-18)33-27(13-16-7-9-25-12-16)10-2-8-26-24(28)32-22-17-11-20-21(22)15-31-23(20)30-14-17;1-3-2;1-2/h3-6,16-17,20-23,25H,2,7-15H2,1H3,(H,26,28);3H,1H2,2H3;1-2H3. The number of amides is 1. The summed E-state index contributed by atoms with van der Waals surface area (Å²) >= 11 is 1.78. The Morgan fingerprint density at radius 3 is 2.66 bits per heavy atom. The Kier molecular flexibility index (Phi) is 13.2. The maximum atomic E-state index is 12.5. The molecule has 1 saturated carbocycles. The number of carbonyl (C=O) groups excluding carboxylic acids is 1. The van der Waals surface area contributed by atoms with Crippen molar-refractivity contribution < 1.29 is 23.7 Å². The summed E-state index contributed by atoms with van der Waals surface area (Å²) in [6, 6.07) is 8.18. The van der Waals surface area contributed by atoms with Crippen LogP contribution in [0.5, 0.6) is 5.75 Å². The Morgan fingerprint density at radius 1 is 1.24 bits per heavy atom. The van der Waals surface area contributed by atoms with Gasteiger partial charge in [-0.25, -0.2) is 9.10 Å². The predicted octanol–water partition coefficient (Wildman–Crippen LogP) is 4.96. The van der Waals surface area contributed by atoms with Gasteiger partial charge in [0.1, 0.15) is 11.9 Å². The molecule has 5 rings (SSSR count). The summed E-state index contributed by atoms with van der Waals surface area (Å²) in [4.78, 5) is 13.7. The lowest BCUT2D eigenvalue weighted by Crippen LogP contribution is -2.37. The van der Waals surface area contributed by atoms with Gasteiger partial charge in [-0.3, -0.25) is 0 Å². The number of hydrogen-bond acceptors (Lipinski definition) is 8. The number of alkyl carbamates (subject to hydrolysis) is 1. The summed E-state index contributed by atoms with van der Waals surface area (Å²) in [5, 5.41) is 6.42. The zero-order valence-corrected chi connectivity index (χ0v) is 24.3. The maximum absolute atomic E-state index is 12.5. The van der Waals surface area contributed by atoms with E-state index in [0.717, 1.165) is 44.8 Å². The number of rotatable bonds is 10. The van der Waals surface area contributed by atoms with Crippen LogP contribution in [0.2, 0.25) is 0 Å². The van der Waals surface area contributed by atoms with Crippen molar-refractivity contribution in [3.63, 3.8) is 0 Å². The van der Waals surface area contributed by atoms with Gasteiger partial charge in [0.2, 0.25) is 0 Å². The van der Waals surface area contributed by atoms with Crippen molar-refractivity contribution >= 4 is 18.0 Å². The Balaban J connectivity index is 0.000000748. The molecule has 3 heterocycles. The van der Waals surface area contributed by atoms with Gasteiger partial charge in [0, 0.05) is 42.3 Å². The van der Waals surface area contributed by atoms with Crippen LogP contribution in [0.15, 0.2) is 41.8 Å². The fourth-order valence-corrected chi connectivity index (χ4v) is 6.64. The summed E-state index contributed by atoms with van der Waals surface area (Å²) in [6.45, 7) is 15.2. The van der Waals surface area contributed by atoms with Crippen molar-refractivity contribution in [1.82, 2.24) is 14.9 Å². The van der Waals surface area contributed by atoms with E-state index in [2.05, 4.69) is 33.7 Å². The van der Waals surface area contributed by atoms with Crippen LogP contribution in [0.25, 0.3) is 0 Å². The molecule has 0 radical (unpaired) electrons. The van der Waals surface area contributed by atoms with Gasteiger partial charge in [-0.05, 0) is 81.4 Å². The molecule has 2 bridgehead atoms. The van der Waals surface area contributed by atoms with Crippen LogP contribution in [0.3, 0.4) is 0 Å². The van der Waals surface area contributed by atoms with E-state index in [0.29, 0.717) is 37.5 Å². The largest absolute Gasteiger partial charge is 0.497 e. The third-order valence-electron chi connectivity index (χ3n) is 7.30. The quantitative estimate of drug-likeness (QED) is 0.241. The van der Waals surface area contributed by atoms with Crippen LogP contribution in [-0.4, -0.2) is 75.8 Å². The van der Waals surface area contributed by atoms with E-state index < -0.39 is 0 Å². The first kappa shape index (κ1) is 30.8. The van der Waals surface area contributed by atoms with Crippen LogP contribution < -0.4 is 15.4 Å². The zero-order valence-electron chi connectivity index (χ0n) is 23.5. The van der Waals surface area contributed by atoms with E-state index >= 15 is 0 Å². The molecule has 38 heavy (non-hydrogen) atoms. The van der Waals surface area contributed by atoms with Gasteiger partial charge in [0.05, 0.1) is 20.3 Å². The fraction of sp³-hybridized carbons (Fsp3) is 0.690. The lowest BCUT2D eigenvalue weighted by atomic mass is 9.98. The smallest absolute Gasteiger partial charge is 0.407 e. The predicted molar refractivity (Wildman–Crippen MR) is 152 cm³/mol. The van der Waals surface area contributed by atoms with E-state index in [-0.39, 0.29) is 24.4 Å². The van der Waals surface area contributed by atoms with Gasteiger partial charge >= 0.3 is 6.09 Å². The van der Waals surface area contributed by atoms with E-state index in [1.54, 1.807) is 25.1 Å². The highest BCUT2D eigenvalue weighted by atomic mass is 32.2. The fourth-order valence-electron chi connectivity index (χ4n) is 5.58. The molecule has 3 saturated heterocycles. The van der Waals surface area contributed by atoms with Gasteiger partial charge in [-0.2, -0.15) is 0 Å². The summed E-state index contributed by atoms with van der Waals surface area (Å²) < 4.78 is 25.0. The number of allylic oxidation sites excluding steroid dienone is 1. The van der Waals surface area contributed by atoms with Crippen LogP contribution in [0, 0.1) is 23.7 Å². The summed E-state index contributed by atoms with van der Waals surface area (Å²) in [7, 11) is 1.68. The zero-order chi connectivity index (χ0) is 27.3. The molecule has 1 aromatic carbocycles. The first-order valence-corrected chi connectivity index (χ1v) is 14.9. The normalized spacial score (nSPS) is 28.6. The third-order valence-corrected chi connectivity index (χ3v) is 8.38. The molecule has 4 aliphatic rings. The second-order valence-electron chi connectivity index (χ2n) is 9.93. The molecule has 0 spiro atoms. The van der Waals surface area contributed by atoms with E-state index in [4.69, 9.17) is 18.9 Å². The van der Waals surface area contributed by atoms with Crippen molar-refractivity contribution in [1.29, 1.82) is 0 Å². The Morgan fingerprint density at radius 2 is 1.97 bits per heavy atom. The number of benzene rings is 1. The Hall–Kier alpha value is -1.78. The average molecular weight is 550 g/mol. The van der Waals surface area contributed by atoms with Gasteiger partial charge in [0.15, 0.2) is 6.29 Å². The molecule has 0 aromatic heterocycles. The maximum Gasteiger partial charge on any atom is 0.407 e. The third kappa shape index (κ3) is 8.61. The van der Waals surface area contributed by atoms with Gasteiger partial charge in [-0.1, -0.05) is 19.9 Å². The van der Waals surface area contributed by atoms with Crippen LogP contribution >= 0.6 is 11.9 Å². The minimum absolute atomic E-state index is 0.0838. The molecule has 1 amide bonds. The summed E-state index contributed by atoms with van der Waals surface area (Å²) in [6.07, 6.45) is 4.38. The molecular weight excluding hydrogens is 502 g/mol. The topological polar surface area (TPSA) is 81.3 Å². The SMILES string of the molecule is C=CC.CC.COc1ccc(SN(CCCNC(=O)OC2C3COC4OCC2C4C3)CC2CCNC2)cc1. The average Bonchev–Trinajstić information content (AvgIpc) is 3.66. The molecule has 6 atom stereocenters. The minimum Gasteiger partial charge on any atom is -0.497 e. The molecule has 9 heteroatoms. The summed E-state index contributed by atoms with van der Waals surface area (Å²) in [5.74, 6) is 2.50. The molecule has 1 aliphatic carbocycles. The monoisotopic (exact) mass is 549 g/mol. The number of carbonyl (C=O) groups is 1. The minimum atomic E-state index is -0.314. The number of hydrogen-bond donors (Lipinski definition) is 2. The highest BCUT2D eigenvalue weighted by Gasteiger charge is 2.56. The number of fused-ring (bicyclic) bond motifs is 1. The molecule has 214 valence electrons. The highest BCUT2D eigenvalue weighted by Crippen LogP contribution is 2.49. The number of nitrogens with one attached hydrogen (secondary N) is 2. The lowest BCUT2D eigenvalue weighted by molar-refractivity contribution is -0.169. The van der Waals surface area contributed by atoms with Crippen molar-refractivity contribution in [3.05, 3.63) is 36.9 Å². The highest BCUT2D eigenvalue weighted by molar-refractivity contribution is 7.97. The molecule has 2 N–H and O–H groups in total. The van der Waals surface area contributed by atoms with Crippen LogP contribution in [-0.2, 0) is 14.2 Å². The molecule has 4 fully saturated rings. The molecule has 6 unspecified atom stereocenters. The Bertz CT molecular complexity index is 836. The van der Waals surface area contributed by atoms with Crippen LogP contribution in [0.1, 0.15) is 40.0 Å². The molecule has 1 aromatic rings. The van der Waals surface area contributed by atoms with Crippen LogP contribution in [0.4, 0.5) is 4.79 Å². The van der Waals surface area contributed by atoms with Crippen molar-refractivity contribution in [3.8, 4) is 5.75 Å². The number of nitrogens with zero attached hydrogens (tertiary/aromatic N) is 1. The second kappa shape index (κ2) is 16.4. The van der Waals surface area contributed by atoms with Crippen molar-refractivity contribution in [2.45, 2.75) is 57.3 Å². The first-order chi connectivity index (χ1) is 18.6. The molecule has 3 aliphatic heterocycles.